The summed E-state index contributed by atoms with van der Waals surface area (Å²) >= 11 is 8.76. The molecule has 3 rings (SSSR count). The summed E-state index contributed by atoms with van der Waals surface area (Å²) in [5.41, 5.74) is 0. The van der Waals surface area contributed by atoms with Crippen LogP contribution in [0.5, 0.6) is 0 Å². The number of piperazine rings is 1. The zero-order valence-corrected chi connectivity index (χ0v) is 14.9. The first-order valence-electron chi connectivity index (χ1n) is 6.52. The Balaban J connectivity index is 1.55. The number of pyridine rings is 1. The molecule has 1 fully saturated rings. The zero-order chi connectivity index (χ0) is 13.9. The number of hydrogen-bond acceptors (Lipinski definition) is 4. The Labute approximate surface area is 139 Å². The van der Waals surface area contributed by atoms with Crippen molar-refractivity contribution in [1.82, 2.24) is 9.88 Å². The van der Waals surface area contributed by atoms with Gasteiger partial charge in [-0.1, -0.05) is 0 Å². The van der Waals surface area contributed by atoms with E-state index in [0.717, 1.165) is 43.0 Å². The van der Waals surface area contributed by atoms with Gasteiger partial charge in [0, 0.05) is 58.1 Å². The van der Waals surface area contributed by atoms with Crippen LogP contribution in [-0.4, -0.2) is 36.1 Å². The molecule has 20 heavy (non-hydrogen) atoms. The van der Waals surface area contributed by atoms with Crippen LogP contribution in [0.3, 0.4) is 0 Å². The van der Waals surface area contributed by atoms with Gasteiger partial charge in [-0.25, -0.2) is 4.98 Å². The zero-order valence-electron chi connectivity index (χ0n) is 10.9. The van der Waals surface area contributed by atoms with Crippen LogP contribution in [0.1, 0.15) is 4.88 Å². The van der Waals surface area contributed by atoms with E-state index in [-0.39, 0.29) is 0 Å². The van der Waals surface area contributed by atoms with Crippen molar-refractivity contribution in [2.45, 2.75) is 6.54 Å². The second kappa shape index (κ2) is 6.56. The summed E-state index contributed by atoms with van der Waals surface area (Å²) in [6.45, 7) is 5.32. The van der Waals surface area contributed by atoms with Gasteiger partial charge in [-0.05, 0) is 50.1 Å². The lowest BCUT2D eigenvalue weighted by molar-refractivity contribution is 0.251. The summed E-state index contributed by atoms with van der Waals surface area (Å²) in [4.78, 5) is 10.8. The Morgan fingerprint density at radius 3 is 2.50 bits per heavy atom. The monoisotopic (exact) mass is 415 g/mol. The molecule has 0 unspecified atom stereocenters. The lowest BCUT2D eigenvalue weighted by Crippen LogP contribution is -2.46. The van der Waals surface area contributed by atoms with Gasteiger partial charge in [0.25, 0.3) is 0 Å². The van der Waals surface area contributed by atoms with Gasteiger partial charge in [-0.15, -0.1) is 11.3 Å². The minimum atomic E-state index is 1.03. The molecule has 0 atom stereocenters. The fraction of sp³-hybridized carbons (Fsp3) is 0.357. The average molecular weight is 417 g/mol. The largest absolute Gasteiger partial charge is 0.354 e. The topological polar surface area (TPSA) is 19.4 Å². The minimum Gasteiger partial charge on any atom is -0.354 e. The Kier molecular flexibility index (Phi) is 4.75. The standard InChI is InChI=1S/C14H15Br2N3S/c15-11-1-2-14(17-8-11)19-5-3-18(4-6-19)9-13-7-12(16)10-20-13/h1-2,7-8,10H,3-6,9H2. The van der Waals surface area contributed by atoms with E-state index in [1.165, 1.54) is 9.35 Å². The third-order valence-electron chi connectivity index (χ3n) is 3.41. The van der Waals surface area contributed by atoms with Crippen LogP contribution in [0, 0.1) is 0 Å². The van der Waals surface area contributed by atoms with Crippen molar-refractivity contribution >= 4 is 49.0 Å². The highest BCUT2D eigenvalue weighted by Crippen LogP contribution is 2.22. The average Bonchev–Trinajstić information content (AvgIpc) is 2.86. The first kappa shape index (κ1) is 14.5. The molecular formula is C14H15Br2N3S. The van der Waals surface area contributed by atoms with Crippen molar-refractivity contribution in [2.24, 2.45) is 0 Å². The number of aromatic nitrogens is 1. The molecule has 3 heterocycles. The molecule has 2 aromatic rings. The highest BCUT2D eigenvalue weighted by molar-refractivity contribution is 9.10. The lowest BCUT2D eigenvalue weighted by Gasteiger charge is -2.35. The maximum Gasteiger partial charge on any atom is 0.128 e. The third kappa shape index (κ3) is 3.61. The van der Waals surface area contributed by atoms with E-state index in [1.54, 1.807) is 0 Å². The lowest BCUT2D eigenvalue weighted by atomic mass is 10.3. The van der Waals surface area contributed by atoms with Crippen LogP contribution in [0.15, 0.2) is 38.7 Å². The molecule has 2 aromatic heterocycles. The van der Waals surface area contributed by atoms with Crippen molar-refractivity contribution in [1.29, 1.82) is 0 Å². The fourth-order valence-electron chi connectivity index (χ4n) is 2.35. The second-order valence-electron chi connectivity index (χ2n) is 4.83. The first-order chi connectivity index (χ1) is 9.70. The summed E-state index contributed by atoms with van der Waals surface area (Å²) in [6, 6.07) is 6.35. The maximum atomic E-state index is 4.47. The van der Waals surface area contributed by atoms with E-state index < -0.39 is 0 Å². The Morgan fingerprint density at radius 2 is 1.90 bits per heavy atom. The number of thiophene rings is 1. The van der Waals surface area contributed by atoms with Crippen LogP contribution in [0.2, 0.25) is 0 Å². The summed E-state index contributed by atoms with van der Waals surface area (Å²) in [7, 11) is 0. The molecule has 1 saturated heterocycles. The van der Waals surface area contributed by atoms with Gasteiger partial charge in [0.15, 0.2) is 0 Å². The number of rotatable bonds is 3. The van der Waals surface area contributed by atoms with Gasteiger partial charge in [0.05, 0.1) is 0 Å². The number of nitrogens with zero attached hydrogens (tertiary/aromatic N) is 3. The molecule has 0 bridgehead atoms. The molecule has 6 heteroatoms. The van der Waals surface area contributed by atoms with Gasteiger partial charge in [0.1, 0.15) is 5.82 Å². The highest BCUT2D eigenvalue weighted by Gasteiger charge is 2.18. The van der Waals surface area contributed by atoms with Crippen LogP contribution < -0.4 is 4.90 Å². The van der Waals surface area contributed by atoms with Gasteiger partial charge >= 0.3 is 0 Å². The summed E-state index contributed by atoms with van der Waals surface area (Å²) in [5, 5.41) is 2.15. The highest BCUT2D eigenvalue weighted by atomic mass is 79.9. The van der Waals surface area contributed by atoms with Crippen molar-refractivity contribution in [3.05, 3.63) is 43.6 Å². The van der Waals surface area contributed by atoms with E-state index in [1.807, 2.05) is 17.5 Å². The van der Waals surface area contributed by atoms with E-state index >= 15 is 0 Å². The van der Waals surface area contributed by atoms with Crippen LogP contribution >= 0.6 is 43.2 Å². The predicted molar refractivity (Wildman–Crippen MR) is 91.4 cm³/mol. The van der Waals surface area contributed by atoms with Crippen LogP contribution in [-0.2, 0) is 6.54 Å². The van der Waals surface area contributed by atoms with Crippen molar-refractivity contribution in [2.75, 3.05) is 31.1 Å². The Morgan fingerprint density at radius 1 is 1.10 bits per heavy atom. The summed E-state index contributed by atoms with van der Waals surface area (Å²) < 4.78 is 2.22. The molecule has 1 aliphatic heterocycles. The van der Waals surface area contributed by atoms with Crippen LogP contribution in [0.25, 0.3) is 0 Å². The van der Waals surface area contributed by atoms with E-state index in [4.69, 9.17) is 0 Å². The van der Waals surface area contributed by atoms with E-state index in [9.17, 15) is 0 Å². The molecule has 0 saturated carbocycles. The van der Waals surface area contributed by atoms with Gasteiger partial charge < -0.3 is 4.90 Å². The molecule has 0 spiro atoms. The molecule has 0 aromatic carbocycles. The molecular weight excluding hydrogens is 402 g/mol. The summed E-state index contributed by atoms with van der Waals surface area (Å²) in [5.74, 6) is 1.08. The van der Waals surface area contributed by atoms with Crippen molar-refractivity contribution in [3.8, 4) is 0 Å². The van der Waals surface area contributed by atoms with E-state index in [2.05, 4.69) is 70.2 Å². The van der Waals surface area contributed by atoms with E-state index in [0.29, 0.717) is 0 Å². The predicted octanol–water partition coefficient (Wildman–Crippen LogP) is 3.99. The Bertz CT molecular complexity index is 562. The van der Waals surface area contributed by atoms with Gasteiger partial charge in [-0.3, -0.25) is 4.90 Å². The molecule has 1 aliphatic rings. The molecule has 106 valence electrons. The third-order valence-corrected chi connectivity index (χ3v) is 5.56. The first-order valence-corrected chi connectivity index (χ1v) is 8.99. The van der Waals surface area contributed by atoms with Gasteiger partial charge in [0.2, 0.25) is 0 Å². The second-order valence-corrected chi connectivity index (χ2v) is 7.66. The molecule has 0 amide bonds. The van der Waals surface area contributed by atoms with Crippen LogP contribution in [0.4, 0.5) is 5.82 Å². The smallest absolute Gasteiger partial charge is 0.128 e. The minimum absolute atomic E-state index is 1.03. The SMILES string of the molecule is Brc1ccc(N2CCN(Cc3cc(Br)cs3)CC2)nc1. The van der Waals surface area contributed by atoms with Gasteiger partial charge in [-0.2, -0.15) is 0 Å². The molecule has 3 nitrogen and oxygen atoms in total. The molecule has 0 aliphatic carbocycles. The molecule has 0 N–H and O–H groups in total. The van der Waals surface area contributed by atoms with Crippen molar-refractivity contribution < 1.29 is 0 Å². The number of halogens is 2. The quantitative estimate of drug-likeness (QED) is 0.753. The number of anilines is 1. The normalized spacial score (nSPS) is 16.6. The Hall–Kier alpha value is -0.430. The summed E-state index contributed by atoms with van der Waals surface area (Å²) in [6.07, 6.45) is 1.87. The molecule has 0 radical (unpaired) electrons. The maximum absolute atomic E-state index is 4.47. The van der Waals surface area contributed by atoms with Crippen molar-refractivity contribution in [3.63, 3.8) is 0 Å². The number of hydrogen-bond donors (Lipinski definition) is 0. The fourth-order valence-corrected chi connectivity index (χ4v) is 4.07.